The van der Waals surface area contributed by atoms with Crippen LogP contribution >= 0.6 is 0 Å². The molecule has 0 saturated carbocycles. The Morgan fingerprint density at radius 2 is 2.06 bits per heavy atom. The van der Waals surface area contributed by atoms with Gasteiger partial charge >= 0.3 is 11.9 Å². The lowest BCUT2D eigenvalue weighted by molar-refractivity contribution is -0.152. The first-order valence-electron chi connectivity index (χ1n) is 6.31. The first-order chi connectivity index (χ1) is 8.72. The maximum Gasteiger partial charge on any atom is 0.397 e. The summed E-state index contributed by atoms with van der Waals surface area (Å²) in [6.07, 6.45) is 4.30. The molecule has 1 aromatic rings. The van der Waals surface area contributed by atoms with Crippen LogP contribution in [0.25, 0.3) is 0 Å². The molecule has 1 aromatic carbocycles. The Labute approximate surface area is 106 Å². The second kappa shape index (κ2) is 5.67. The minimum absolute atomic E-state index is 0.207. The molecule has 1 amide bonds. The van der Waals surface area contributed by atoms with Gasteiger partial charge < -0.3 is 10.1 Å². The van der Waals surface area contributed by atoms with E-state index in [9.17, 15) is 9.59 Å². The fraction of sp³-hybridized carbons (Fsp3) is 0.429. The molecular formula is C14H17NO3. The molecule has 1 aliphatic carbocycles. The molecule has 1 N–H and O–H groups in total. The summed E-state index contributed by atoms with van der Waals surface area (Å²) in [6.45, 7) is 1.88. The van der Waals surface area contributed by atoms with Gasteiger partial charge in [-0.1, -0.05) is 12.1 Å². The van der Waals surface area contributed by atoms with Gasteiger partial charge in [-0.15, -0.1) is 0 Å². The van der Waals surface area contributed by atoms with E-state index in [4.69, 9.17) is 0 Å². The van der Waals surface area contributed by atoms with Crippen molar-refractivity contribution in [3.8, 4) is 0 Å². The maximum atomic E-state index is 11.6. The van der Waals surface area contributed by atoms with Gasteiger partial charge in [0, 0.05) is 5.69 Å². The molecule has 0 saturated heterocycles. The summed E-state index contributed by atoms with van der Waals surface area (Å²) in [7, 11) is 0. The smallest absolute Gasteiger partial charge is 0.397 e. The van der Waals surface area contributed by atoms with E-state index in [1.165, 1.54) is 12.0 Å². The van der Waals surface area contributed by atoms with E-state index in [1.54, 1.807) is 6.92 Å². The fourth-order valence-corrected chi connectivity index (χ4v) is 2.27. The van der Waals surface area contributed by atoms with Crippen molar-refractivity contribution < 1.29 is 14.3 Å². The number of carbonyl (C=O) groups is 2. The highest BCUT2D eigenvalue weighted by atomic mass is 16.5. The minimum atomic E-state index is -0.828. The Hall–Kier alpha value is -1.84. The number of hydrogen-bond acceptors (Lipinski definition) is 3. The zero-order valence-electron chi connectivity index (χ0n) is 10.5. The summed E-state index contributed by atoms with van der Waals surface area (Å²) in [5.74, 6) is -1.53. The van der Waals surface area contributed by atoms with Crippen LogP contribution in [0.15, 0.2) is 18.2 Å². The normalized spacial score (nSPS) is 13.6. The third-order valence-electron chi connectivity index (χ3n) is 3.10. The van der Waals surface area contributed by atoms with Gasteiger partial charge in [0.05, 0.1) is 6.61 Å². The van der Waals surface area contributed by atoms with Gasteiger partial charge in [0.15, 0.2) is 0 Å². The minimum Gasteiger partial charge on any atom is -0.459 e. The molecule has 0 unspecified atom stereocenters. The summed E-state index contributed by atoms with van der Waals surface area (Å²) in [5, 5.41) is 2.64. The Morgan fingerprint density at radius 3 is 2.83 bits per heavy atom. The molecule has 0 spiro atoms. The van der Waals surface area contributed by atoms with Crippen LogP contribution in [0.1, 0.15) is 30.9 Å². The quantitative estimate of drug-likeness (QED) is 0.643. The Bertz CT molecular complexity index is 468. The second-order valence-corrected chi connectivity index (χ2v) is 4.32. The molecule has 0 aromatic heterocycles. The van der Waals surface area contributed by atoms with Crippen LogP contribution in [0, 0.1) is 0 Å². The zero-order valence-corrected chi connectivity index (χ0v) is 10.5. The Morgan fingerprint density at radius 1 is 1.28 bits per heavy atom. The van der Waals surface area contributed by atoms with Crippen molar-refractivity contribution in [2.45, 2.75) is 32.6 Å². The first-order valence-corrected chi connectivity index (χ1v) is 6.31. The number of carbonyl (C=O) groups excluding carboxylic acids is 2. The van der Waals surface area contributed by atoms with Crippen molar-refractivity contribution >= 4 is 17.6 Å². The number of rotatable bonds is 2. The predicted octanol–water partition coefficient (Wildman–Crippen LogP) is 2.07. The van der Waals surface area contributed by atoms with Crippen LogP contribution in [0.3, 0.4) is 0 Å². The number of hydrogen-bond donors (Lipinski definition) is 1. The van der Waals surface area contributed by atoms with Gasteiger partial charge in [0.1, 0.15) is 0 Å². The predicted molar refractivity (Wildman–Crippen MR) is 68.3 cm³/mol. The lowest BCUT2D eigenvalue weighted by atomic mass is 9.90. The van der Waals surface area contributed by atoms with Crippen LogP contribution < -0.4 is 5.32 Å². The first kappa shape index (κ1) is 12.6. The monoisotopic (exact) mass is 247 g/mol. The second-order valence-electron chi connectivity index (χ2n) is 4.32. The van der Waals surface area contributed by atoms with Gasteiger partial charge in [-0.05, 0) is 49.8 Å². The number of anilines is 1. The molecule has 0 fully saturated rings. The third-order valence-corrected chi connectivity index (χ3v) is 3.10. The molecule has 0 heterocycles. The standard InChI is InChI=1S/C14H17NO3/c1-2-18-14(17)13(16)15-12-9-5-7-10-6-3-4-8-11(10)12/h5,7,9H,2-4,6,8H2,1H3,(H,15,16). The Kier molecular flexibility index (Phi) is 3.97. The summed E-state index contributed by atoms with van der Waals surface area (Å²) >= 11 is 0. The van der Waals surface area contributed by atoms with E-state index < -0.39 is 11.9 Å². The van der Waals surface area contributed by atoms with Crippen LogP contribution in [0.4, 0.5) is 5.69 Å². The van der Waals surface area contributed by atoms with E-state index in [0.717, 1.165) is 30.5 Å². The summed E-state index contributed by atoms with van der Waals surface area (Å²) in [5.41, 5.74) is 3.16. The van der Waals surface area contributed by atoms with Crippen LogP contribution in [0.5, 0.6) is 0 Å². The molecule has 4 heteroatoms. The topological polar surface area (TPSA) is 55.4 Å². The van der Waals surface area contributed by atoms with Crippen molar-refractivity contribution in [1.82, 2.24) is 0 Å². The fourth-order valence-electron chi connectivity index (χ4n) is 2.27. The molecule has 0 atom stereocenters. The summed E-state index contributed by atoms with van der Waals surface area (Å²) in [6, 6.07) is 5.82. The number of fused-ring (bicyclic) bond motifs is 1. The number of ether oxygens (including phenoxy) is 1. The Balaban J connectivity index is 2.14. The van der Waals surface area contributed by atoms with Gasteiger partial charge in [-0.3, -0.25) is 4.79 Å². The highest BCUT2D eigenvalue weighted by Gasteiger charge is 2.18. The van der Waals surface area contributed by atoms with Crippen LogP contribution in [0.2, 0.25) is 0 Å². The summed E-state index contributed by atoms with van der Waals surface area (Å²) < 4.78 is 4.67. The summed E-state index contributed by atoms with van der Waals surface area (Å²) in [4.78, 5) is 22.9. The van der Waals surface area contributed by atoms with E-state index in [1.807, 2.05) is 12.1 Å². The number of esters is 1. The highest BCUT2D eigenvalue weighted by molar-refractivity contribution is 6.37. The highest BCUT2D eigenvalue weighted by Crippen LogP contribution is 2.27. The molecule has 18 heavy (non-hydrogen) atoms. The van der Waals surface area contributed by atoms with Crippen LogP contribution in [-0.2, 0) is 27.2 Å². The van der Waals surface area contributed by atoms with Crippen molar-refractivity contribution in [3.63, 3.8) is 0 Å². The molecule has 4 nitrogen and oxygen atoms in total. The number of aryl methyl sites for hydroxylation is 1. The maximum absolute atomic E-state index is 11.6. The number of benzene rings is 1. The van der Waals surface area contributed by atoms with Crippen LogP contribution in [-0.4, -0.2) is 18.5 Å². The lowest BCUT2D eigenvalue weighted by Crippen LogP contribution is -2.26. The molecule has 96 valence electrons. The van der Waals surface area contributed by atoms with Crippen molar-refractivity contribution in [1.29, 1.82) is 0 Å². The van der Waals surface area contributed by atoms with E-state index in [-0.39, 0.29) is 6.61 Å². The van der Waals surface area contributed by atoms with Gasteiger partial charge in [-0.25, -0.2) is 4.79 Å². The molecule has 0 radical (unpaired) electrons. The molecule has 0 aliphatic heterocycles. The average molecular weight is 247 g/mol. The molecule has 0 bridgehead atoms. The molecule has 2 rings (SSSR count). The largest absolute Gasteiger partial charge is 0.459 e. The average Bonchev–Trinajstić information content (AvgIpc) is 2.39. The number of amides is 1. The molecule has 1 aliphatic rings. The van der Waals surface area contributed by atoms with E-state index >= 15 is 0 Å². The SMILES string of the molecule is CCOC(=O)C(=O)Nc1cccc2c1CCCC2. The lowest BCUT2D eigenvalue weighted by Gasteiger charge is -2.19. The zero-order chi connectivity index (χ0) is 13.0. The van der Waals surface area contributed by atoms with E-state index in [0.29, 0.717) is 0 Å². The van der Waals surface area contributed by atoms with Gasteiger partial charge in [0.2, 0.25) is 0 Å². The van der Waals surface area contributed by atoms with Gasteiger partial charge in [0.25, 0.3) is 0 Å². The third kappa shape index (κ3) is 2.70. The molecular weight excluding hydrogens is 230 g/mol. The number of nitrogens with one attached hydrogen (secondary N) is 1. The van der Waals surface area contributed by atoms with E-state index in [2.05, 4.69) is 16.1 Å². The van der Waals surface area contributed by atoms with Crippen molar-refractivity contribution in [2.75, 3.05) is 11.9 Å². The van der Waals surface area contributed by atoms with Crippen molar-refractivity contribution in [3.05, 3.63) is 29.3 Å². The van der Waals surface area contributed by atoms with Gasteiger partial charge in [-0.2, -0.15) is 0 Å². The van der Waals surface area contributed by atoms with Crippen molar-refractivity contribution in [2.24, 2.45) is 0 Å².